The van der Waals surface area contributed by atoms with Gasteiger partial charge in [0.1, 0.15) is 6.04 Å². The van der Waals surface area contributed by atoms with Crippen molar-refractivity contribution in [1.29, 1.82) is 0 Å². The third kappa shape index (κ3) is 5.70. The highest BCUT2D eigenvalue weighted by atomic mass is 35.5. The molecule has 0 saturated carbocycles. The summed E-state index contributed by atoms with van der Waals surface area (Å²) in [6.45, 7) is 3.26. The Morgan fingerprint density at radius 2 is 2.05 bits per heavy atom. The molecule has 1 fully saturated rings. The molecule has 0 aromatic rings. The summed E-state index contributed by atoms with van der Waals surface area (Å²) in [4.78, 5) is 25.8. The monoisotopic (exact) mass is 303 g/mol. The standard InChI is InChI=1S/C15H26ClNO3/c1-2-3-6-12-20-15(19)13-8-7-11-17(13)14(18)9-4-5-10-16/h13H,2-12H2,1H3. The van der Waals surface area contributed by atoms with Crippen molar-refractivity contribution in [2.75, 3.05) is 19.0 Å². The van der Waals surface area contributed by atoms with Crippen LogP contribution in [0.2, 0.25) is 0 Å². The van der Waals surface area contributed by atoms with Crippen LogP contribution < -0.4 is 0 Å². The average molecular weight is 304 g/mol. The molecule has 1 heterocycles. The van der Waals surface area contributed by atoms with E-state index in [4.69, 9.17) is 16.3 Å². The van der Waals surface area contributed by atoms with E-state index in [1.807, 2.05) is 0 Å². The van der Waals surface area contributed by atoms with Gasteiger partial charge < -0.3 is 9.64 Å². The van der Waals surface area contributed by atoms with Gasteiger partial charge >= 0.3 is 5.97 Å². The van der Waals surface area contributed by atoms with Gasteiger partial charge in [-0.3, -0.25) is 4.79 Å². The first kappa shape index (κ1) is 17.3. The number of hydrogen-bond donors (Lipinski definition) is 0. The molecule has 1 atom stereocenters. The number of ether oxygens (including phenoxy) is 1. The van der Waals surface area contributed by atoms with Crippen LogP contribution in [0.3, 0.4) is 0 Å². The zero-order valence-electron chi connectivity index (χ0n) is 12.4. The summed E-state index contributed by atoms with van der Waals surface area (Å²) in [5.74, 6) is 0.406. The summed E-state index contributed by atoms with van der Waals surface area (Å²) in [5, 5.41) is 0. The van der Waals surface area contributed by atoms with Crippen molar-refractivity contribution in [3.05, 3.63) is 0 Å². The molecule has 1 rings (SSSR count). The predicted octanol–water partition coefficient (Wildman–Crippen LogP) is 3.12. The van der Waals surface area contributed by atoms with Crippen LogP contribution >= 0.6 is 11.6 Å². The second-order valence-corrected chi connectivity index (χ2v) is 5.64. The number of carbonyl (C=O) groups excluding carboxylic acids is 2. The van der Waals surface area contributed by atoms with Crippen LogP contribution in [0.1, 0.15) is 58.3 Å². The summed E-state index contributed by atoms with van der Waals surface area (Å²) in [5.41, 5.74) is 0. The SMILES string of the molecule is CCCCCOC(=O)C1CCCN1C(=O)CCCCCl. The molecular weight excluding hydrogens is 278 g/mol. The van der Waals surface area contributed by atoms with E-state index in [1.54, 1.807) is 4.90 Å². The maximum absolute atomic E-state index is 12.1. The van der Waals surface area contributed by atoms with E-state index in [0.717, 1.165) is 44.9 Å². The first-order valence-corrected chi connectivity index (χ1v) is 8.26. The molecule has 116 valence electrons. The third-order valence-corrected chi connectivity index (χ3v) is 3.88. The number of alkyl halides is 1. The fourth-order valence-corrected chi connectivity index (χ4v) is 2.63. The molecule has 0 aromatic carbocycles. The van der Waals surface area contributed by atoms with Gasteiger partial charge in [0.15, 0.2) is 0 Å². The number of rotatable bonds is 9. The Labute approximate surface area is 126 Å². The topological polar surface area (TPSA) is 46.6 Å². The lowest BCUT2D eigenvalue weighted by molar-refractivity contribution is -0.153. The number of halogens is 1. The minimum Gasteiger partial charge on any atom is -0.464 e. The minimum atomic E-state index is -0.361. The molecule has 1 aliphatic rings. The zero-order valence-corrected chi connectivity index (χ0v) is 13.2. The molecular formula is C15H26ClNO3. The van der Waals surface area contributed by atoms with Gasteiger partial charge in [0.2, 0.25) is 5.91 Å². The summed E-state index contributed by atoms with van der Waals surface area (Å²) in [7, 11) is 0. The fraction of sp³-hybridized carbons (Fsp3) is 0.867. The lowest BCUT2D eigenvalue weighted by atomic mass is 10.2. The molecule has 0 bridgehead atoms. The van der Waals surface area contributed by atoms with Crippen LogP contribution in [0, 0.1) is 0 Å². The van der Waals surface area contributed by atoms with Gasteiger partial charge in [0.05, 0.1) is 6.61 Å². The van der Waals surface area contributed by atoms with Crippen LogP contribution in [0.15, 0.2) is 0 Å². The summed E-state index contributed by atoms with van der Waals surface area (Å²) in [6, 6.07) is -0.361. The van der Waals surface area contributed by atoms with Gasteiger partial charge in [-0.15, -0.1) is 11.6 Å². The van der Waals surface area contributed by atoms with Crippen LogP contribution in [0.5, 0.6) is 0 Å². The van der Waals surface area contributed by atoms with Gasteiger partial charge in [-0.05, 0) is 32.1 Å². The quantitative estimate of drug-likeness (QED) is 0.373. The van der Waals surface area contributed by atoms with Gasteiger partial charge in [-0.2, -0.15) is 0 Å². The first-order chi connectivity index (χ1) is 9.70. The number of unbranched alkanes of at least 4 members (excludes halogenated alkanes) is 3. The number of nitrogens with zero attached hydrogens (tertiary/aromatic N) is 1. The Kier molecular flexibility index (Phi) is 8.67. The van der Waals surface area contributed by atoms with Crippen molar-refractivity contribution in [2.24, 2.45) is 0 Å². The van der Waals surface area contributed by atoms with Crippen LogP contribution in [0.4, 0.5) is 0 Å². The minimum absolute atomic E-state index is 0.0584. The number of esters is 1. The molecule has 0 aromatic heterocycles. The maximum atomic E-state index is 12.1. The van der Waals surface area contributed by atoms with Crippen molar-refractivity contribution < 1.29 is 14.3 Å². The molecule has 0 radical (unpaired) electrons. The normalized spacial score (nSPS) is 18.3. The highest BCUT2D eigenvalue weighted by molar-refractivity contribution is 6.17. The van der Waals surface area contributed by atoms with Crippen molar-refractivity contribution in [3.63, 3.8) is 0 Å². The molecule has 1 aliphatic heterocycles. The van der Waals surface area contributed by atoms with Gasteiger partial charge in [-0.25, -0.2) is 4.79 Å². The highest BCUT2D eigenvalue weighted by Crippen LogP contribution is 2.20. The van der Waals surface area contributed by atoms with E-state index in [0.29, 0.717) is 25.5 Å². The summed E-state index contributed by atoms with van der Waals surface area (Å²) < 4.78 is 5.28. The van der Waals surface area contributed by atoms with Crippen LogP contribution in [0.25, 0.3) is 0 Å². The largest absolute Gasteiger partial charge is 0.464 e. The van der Waals surface area contributed by atoms with E-state index < -0.39 is 0 Å². The van der Waals surface area contributed by atoms with E-state index >= 15 is 0 Å². The smallest absolute Gasteiger partial charge is 0.328 e. The van der Waals surface area contributed by atoms with Crippen molar-refractivity contribution in [1.82, 2.24) is 4.90 Å². The molecule has 1 saturated heterocycles. The molecule has 0 aliphatic carbocycles. The van der Waals surface area contributed by atoms with E-state index in [1.165, 1.54) is 0 Å². The van der Waals surface area contributed by atoms with Crippen molar-refractivity contribution >= 4 is 23.5 Å². The molecule has 1 unspecified atom stereocenters. The zero-order chi connectivity index (χ0) is 14.8. The van der Waals surface area contributed by atoms with Crippen molar-refractivity contribution in [2.45, 2.75) is 64.3 Å². The van der Waals surface area contributed by atoms with E-state index in [9.17, 15) is 9.59 Å². The number of hydrogen-bond acceptors (Lipinski definition) is 3. The summed E-state index contributed by atoms with van der Waals surface area (Å²) >= 11 is 5.61. The van der Waals surface area contributed by atoms with Crippen LogP contribution in [-0.2, 0) is 14.3 Å². The fourth-order valence-electron chi connectivity index (χ4n) is 2.45. The van der Waals surface area contributed by atoms with Crippen molar-refractivity contribution in [3.8, 4) is 0 Å². The lowest BCUT2D eigenvalue weighted by Crippen LogP contribution is -2.41. The summed E-state index contributed by atoms with van der Waals surface area (Å²) in [6.07, 6.45) is 6.80. The van der Waals surface area contributed by atoms with Crippen LogP contribution in [-0.4, -0.2) is 41.8 Å². The van der Waals surface area contributed by atoms with Gasteiger partial charge in [0, 0.05) is 18.8 Å². The van der Waals surface area contributed by atoms with E-state index in [2.05, 4.69) is 6.92 Å². The number of carbonyl (C=O) groups is 2. The first-order valence-electron chi connectivity index (χ1n) is 7.72. The number of likely N-dealkylation sites (tertiary alicyclic amines) is 1. The van der Waals surface area contributed by atoms with Gasteiger partial charge in [-0.1, -0.05) is 19.8 Å². The second kappa shape index (κ2) is 10.0. The molecule has 1 amide bonds. The Morgan fingerprint density at radius 3 is 2.75 bits per heavy atom. The highest BCUT2D eigenvalue weighted by Gasteiger charge is 2.34. The Balaban J connectivity index is 2.35. The Hall–Kier alpha value is -0.770. The molecule has 5 heteroatoms. The molecule has 0 spiro atoms. The average Bonchev–Trinajstić information content (AvgIpc) is 2.93. The predicted molar refractivity (Wildman–Crippen MR) is 79.8 cm³/mol. The second-order valence-electron chi connectivity index (χ2n) is 5.27. The maximum Gasteiger partial charge on any atom is 0.328 e. The third-order valence-electron chi connectivity index (χ3n) is 3.61. The van der Waals surface area contributed by atoms with Gasteiger partial charge in [0.25, 0.3) is 0 Å². The molecule has 20 heavy (non-hydrogen) atoms. The number of amides is 1. The molecule has 4 nitrogen and oxygen atoms in total. The van der Waals surface area contributed by atoms with E-state index in [-0.39, 0.29) is 17.9 Å². The molecule has 0 N–H and O–H groups in total. The Bertz CT molecular complexity index is 309. The Morgan fingerprint density at radius 1 is 1.25 bits per heavy atom. The lowest BCUT2D eigenvalue weighted by Gasteiger charge is -2.23.